The third-order valence-electron chi connectivity index (χ3n) is 7.03. The number of para-hydroxylation sites is 2. The Kier molecular flexibility index (Phi) is 6.53. The Hall–Kier alpha value is -4.22. The number of aliphatic hydroxyl groups excluding tert-OH is 1. The van der Waals surface area contributed by atoms with Gasteiger partial charge in [-0.2, -0.15) is 0 Å². The van der Waals surface area contributed by atoms with E-state index < -0.39 is 6.10 Å². The van der Waals surface area contributed by atoms with E-state index in [1.54, 1.807) is 0 Å². The smallest absolute Gasteiger partial charge is 0.278 e. The Bertz CT molecular complexity index is 1470. The molecule has 4 aromatic carbocycles. The third kappa shape index (κ3) is 4.78. The van der Waals surface area contributed by atoms with Gasteiger partial charge in [-0.15, -0.1) is 0 Å². The molecule has 1 aromatic heterocycles. The van der Waals surface area contributed by atoms with Crippen molar-refractivity contribution in [2.24, 2.45) is 0 Å². The number of ether oxygens (including phenoxy) is 1. The second kappa shape index (κ2) is 10.4. The van der Waals surface area contributed by atoms with Crippen LogP contribution in [-0.2, 0) is 19.4 Å². The Balaban J connectivity index is 1.40. The predicted molar refractivity (Wildman–Crippen MR) is 143 cm³/mol. The number of benzene rings is 4. The normalized spacial score (nSPS) is 15.3. The van der Waals surface area contributed by atoms with Gasteiger partial charge in [0.15, 0.2) is 6.10 Å². The standard InChI is InChI=1S/C32H30N3O2/c36-31(28-18-10-11-19-29(28)37-23-25-14-6-2-7-15-25)32-34-27(22-24-12-4-1-5-13-24)20-21-30(34)33-35(32)26-16-8-3-9-17-26/h1-19,27,31,36H,20-23H2/q+1. The maximum atomic E-state index is 12.0. The Morgan fingerprint density at radius 3 is 2.16 bits per heavy atom. The van der Waals surface area contributed by atoms with Crippen LogP contribution in [-0.4, -0.2) is 14.9 Å². The zero-order valence-corrected chi connectivity index (χ0v) is 20.6. The van der Waals surface area contributed by atoms with E-state index in [9.17, 15) is 5.11 Å². The molecule has 0 spiro atoms. The highest BCUT2D eigenvalue weighted by Crippen LogP contribution is 2.33. The lowest BCUT2D eigenvalue weighted by Gasteiger charge is -2.18. The molecule has 2 heterocycles. The molecule has 6 rings (SSSR count). The molecule has 5 heteroatoms. The van der Waals surface area contributed by atoms with Gasteiger partial charge < -0.3 is 9.84 Å². The summed E-state index contributed by atoms with van der Waals surface area (Å²) >= 11 is 0. The molecule has 37 heavy (non-hydrogen) atoms. The van der Waals surface area contributed by atoms with Gasteiger partial charge in [-0.25, -0.2) is 4.57 Å². The second-order valence-electron chi connectivity index (χ2n) is 9.49. The Morgan fingerprint density at radius 1 is 0.811 bits per heavy atom. The first-order chi connectivity index (χ1) is 18.3. The summed E-state index contributed by atoms with van der Waals surface area (Å²) in [4.78, 5) is 0. The minimum Gasteiger partial charge on any atom is -0.489 e. The van der Waals surface area contributed by atoms with E-state index in [0.717, 1.165) is 47.7 Å². The fraction of sp³-hybridized carbons (Fsp3) is 0.188. The molecular weight excluding hydrogens is 458 g/mol. The molecule has 1 aliphatic rings. The maximum Gasteiger partial charge on any atom is 0.278 e. The lowest BCUT2D eigenvalue weighted by molar-refractivity contribution is -0.726. The molecule has 0 radical (unpaired) electrons. The molecule has 2 atom stereocenters. The van der Waals surface area contributed by atoms with Crippen molar-refractivity contribution in [3.05, 3.63) is 144 Å². The lowest BCUT2D eigenvalue weighted by atomic mass is 10.0. The van der Waals surface area contributed by atoms with Crippen LogP contribution in [0.15, 0.2) is 115 Å². The summed E-state index contributed by atoms with van der Waals surface area (Å²) in [6, 6.07) is 38.7. The van der Waals surface area contributed by atoms with Crippen molar-refractivity contribution < 1.29 is 14.4 Å². The average molecular weight is 489 g/mol. The minimum atomic E-state index is -0.912. The van der Waals surface area contributed by atoms with Crippen LogP contribution in [0.2, 0.25) is 0 Å². The summed E-state index contributed by atoms with van der Waals surface area (Å²) < 4.78 is 10.4. The van der Waals surface area contributed by atoms with Crippen molar-refractivity contribution in [1.29, 1.82) is 0 Å². The summed E-state index contributed by atoms with van der Waals surface area (Å²) in [7, 11) is 0. The lowest BCUT2D eigenvalue weighted by Crippen LogP contribution is -2.43. The van der Waals surface area contributed by atoms with Gasteiger partial charge in [0.2, 0.25) is 0 Å². The summed E-state index contributed by atoms with van der Waals surface area (Å²) in [6.07, 6.45) is 1.86. The van der Waals surface area contributed by atoms with Crippen LogP contribution in [0.1, 0.15) is 46.9 Å². The highest BCUT2D eigenvalue weighted by molar-refractivity contribution is 5.39. The summed E-state index contributed by atoms with van der Waals surface area (Å²) in [5, 5.41) is 17.0. The fourth-order valence-electron chi connectivity index (χ4n) is 5.24. The van der Waals surface area contributed by atoms with Crippen LogP contribution in [0.25, 0.3) is 5.69 Å². The van der Waals surface area contributed by atoms with E-state index in [4.69, 9.17) is 9.84 Å². The molecule has 5 nitrogen and oxygen atoms in total. The van der Waals surface area contributed by atoms with Crippen LogP contribution >= 0.6 is 0 Å². The average Bonchev–Trinajstić information content (AvgIpc) is 3.53. The predicted octanol–water partition coefficient (Wildman–Crippen LogP) is 5.55. The number of aromatic nitrogens is 3. The molecule has 184 valence electrons. The molecule has 0 fully saturated rings. The van der Waals surface area contributed by atoms with Gasteiger partial charge in [-0.1, -0.05) is 102 Å². The zero-order chi connectivity index (χ0) is 25.0. The molecule has 0 amide bonds. The number of nitrogens with zero attached hydrogens (tertiary/aromatic N) is 3. The van der Waals surface area contributed by atoms with Crippen LogP contribution in [0.5, 0.6) is 5.75 Å². The van der Waals surface area contributed by atoms with Crippen molar-refractivity contribution in [3.8, 4) is 11.4 Å². The highest BCUT2D eigenvalue weighted by atomic mass is 16.5. The second-order valence-corrected chi connectivity index (χ2v) is 9.49. The SMILES string of the molecule is OC(c1ccccc1OCc1ccccc1)c1n(-c2ccccc2)nc2[n+]1C(Cc1ccccc1)CC2. The number of hydrogen-bond donors (Lipinski definition) is 1. The van der Waals surface area contributed by atoms with Crippen molar-refractivity contribution >= 4 is 0 Å². The number of aliphatic hydroxyl groups is 1. The molecule has 1 N–H and O–H groups in total. The van der Waals surface area contributed by atoms with Gasteiger partial charge in [-0.3, -0.25) is 0 Å². The van der Waals surface area contributed by atoms with Crippen LogP contribution < -0.4 is 9.30 Å². The quantitative estimate of drug-likeness (QED) is 0.291. The van der Waals surface area contributed by atoms with Crippen LogP contribution in [0.3, 0.4) is 0 Å². The number of hydrogen-bond acceptors (Lipinski definition) is 3. The largest absolute Gasteiger partial charge is 0.489 e. The van der Waals surface area contributed by atoms with E-state index in [2.05, 4.69) is 28.8 Å². The molecule has 5 aromatic rings. The molecule has 2 unspecified atom stereocenters. The fourth-order valence-corrected chi connectivity index (χ4v) is 5.24. The van der Waals surface area contributed by atoms with Crippen molar-refractivity contribution in [2.75, 3.05) is 0 Å². The first kappa shape index (κ1) is 23.2. The maximum absolute atomic E-state index is 12.0. The van der Waals surface area contributed by atoms with Gasteiger partial charge in [-0.05, 0) is 35.7 Å². The Labute approximate surface area is 217 Å². The summed E-state index contributed by atoms with van der Waals surface area (Å²) in [6.45, 7) is 0.435. The molecule has 1 aliphatic heterocycles. The van der Waals surface area contributed by atoms with Crippen molar-refractivity contribution in [2.45, 2.75) is 38.0 Å². The van der Waals surface area contributed by atoms with Crippen molar-refractivity contribution in [1.82, 2.24) is 9.78 Å². The zero-order valence-electron chi connectivity index (χ0n) is 20.6. The third-order valence-corrected chi connectivity index (χ3v) is 7.03. The number of fused-ring (bicyclic) bond motifs is 1. The number of aryl methyl sites for hydroxylation is 1. The Morgan fingerprint density at radius 2 is 1.43 bits per heavy atom. The molecule has 0 bridgehead atoms. The van der Waals surface area contributed by atoms with Gasteiger partial charge in [0.25, 0.3) is 11.6 Å². The van der Waals surface area contributed by atoms with Gasteiger partial charge in [0, 0.05) is 23.5 Å². The van der Waals surface area contributed by atoms with Gasteiger partial charge in [0.05, 0.1) is 6.04 Å². The molecular formula is C32H30N3O2+. The minimum absolute atomic E-state index is 0.219. The van der Waals surface area contributed by atoms with E-state index in [1.165, 1.54) is 5.56 Å². The summed E-state index contributed by atoms with van der Waals surface area (Å²) in [5.74, 6) is 2.43. The summed E-state index contributed by atoms with van der Waals surface area (Å²) in [5.41, 5.74) is 4.03. The first-order valence-corrected chi connectivity index (χ1v) is 12.8. The topological polar surface area (TPSA) is 51.2 Å². The van der Waals surface area contributed by atoms with Crippen LogP contribution in [0.4, 0.5) is 0 Å². The number of rotatable bonds is 8. The van der Waals surface area contributed by atoms with Gasteiger partial charge >= 0.3 is 0 Å². The van der Waals surface area contributed by atoms with Gasteiger partial charge in [0.1, 0.15) is 18.0 Å². The molecule has 0 aliphatic carbocycles. The highest BCUT2D eigenvalue weighted by Gasteiger charge is 2.41. The van der Waals surface area contributed by atoms with E-state index in [0.29, 0.717) is 12.4 Å². The molecule has 0 saturated heterocycles. The monoisotopic (exact) mass is 488 g/mol. The van der Waals surface area contributed by atoms with Crippen molar-refractivity contribution in [3.63, 3.8) is 0 Å². The van der Waals surface area contributed by atoms with E-state index in [-0.39, 0.29) is 6.04 Å². The van der Waals surface area contributed by atoms with Crippen LogP contribution in [0, 0.1) is 0 Å². The van der Waals surface area contributed by atoms with E-state index in [1.807, 2.05) is 95.7 Å². The first-order valence-electron chi connectivity index (χ1n) is 12.8. The molecule has 0 saturated carbocycles. The van der Waals surface area contributed by atoms with E-state index >= 15 is 0 Å².